The van der Waals surface area contributed by atoms with Crippen LogP contribution in [0.3, 0.4) is 0 Å². The van der Waals surface area contributed by atoms with Crippen molar-refractivity contribution in [2.75, 3.05) is 12.4 Å². The number of hydrogen-bond acceptors (Lipinski definition) is 5. The van der Waals surface area contributed by atoms with E-state index < -0.39 is 0 Å². The minimum Gasteiger partial charge on any atom is -0.496 e. The Morgan fingerprint density at radius 3 is 2.78 bits per heavy atom. The number of halogens is 1. The zero-order valence-electron chi connectivity index (χ0n) is 12.8. The largest absolute Gasteiger partial charge is 0.496 e. The summed E-state index contributed by atoms with van der Waals surface area (Å²) >= 11 is 7.36. The molecule has 3 aromatic rings. The molecule has 0 unspecified atom stereocenters. The topological polar surface area (TPSA) is 64.1 Å². The number of carbonyl (C=O) groups is 1. The molecule has 0 saturated carbocycles. The number of hydrogen-bond donors (Lipinski definition) is 1. The van der Waals surface area contributed by atoms with E-state index in [-0.39, 0.29) is 5.91 Å². The third-order valence-electron chi connectivity index (χ3n) is 3.30. The van der Waals surface area contributed by atoms with Gasteiger partial charge in [-0.15, -0.1) is 0 Å². The van der Waals surface area contributed by atoms with E-state index >= 15 is 0 Å². The fourth-order valence-electron chi connectivity index (χ4n) is 2.30. The molecule has 5 nitrogen and oxygen atoms in total. The van der Waals surface area contributed by atoms with Crippen molar-refractivity contribution in [3.63, 3.8) is 0 Å². The van der Waals surface area contributed by atoms with Crippen molar-refractivity contribution in [3.05, 3.63) is 46.1 Å². The van der Waals surface area contributed by atoms with Crippen LogP contribution in [0.15, 0.2) is 24.3 Å². The fraction of sp³-hybridized carbons (Fsp3) is 0.188. The predicted octanol–water partition coefficient (Wildman–Crippen LogP) is 4.22. The Hall–Kier alpha value is -2.18. The van der Waals surface area contributed by atoms with Crippen LogP contribution in [-0.2, 0) is 0 Å². The van der Waals surface area contributed by atoms with Gasteiger partial charge in [0, 0.05) is 10.7 Å². The van der Waals surface area contributed by atoms with Crippen LogP contribution < -0.4 is 10.1 Å². The van der Waals surface area contributed by atoms with Gasteiger partial charge < -0.3 is 4.74 Å². The summed E-state index contributed by atoms with van der Waals surface area (Å²) in [7, 11) is 1.51. The third kappa shape index (κ3) is 3.13. The Kier molecular flexibility index (Phi) is 4.19. The van der Waals surface area contributed by atoms with Crippen LogP contribution in [0, 0.1) is 13.8 Å². The summed E-state index contributed by atoms with van der Waals surface area (Å²) in [6.45, 7) is 3.92. The Morgan fingerprint density at radius 1 is 1.26 bits per heavy atom. The van der Waals surface area contributed by atoms with Gasteiger partial charge in [0.05, 0.1) is 17.4 Å². The van der Waals surface area contributed by atoms with Gasteiger partial charge in [0.1, 0.15) is 5.75 Å². The van der Waals surface area contributed by atoms with Crippen molar-refractivity contribution in [3.8, 4) is 5.75 Å². The number of pyridine rings is 1. The smallest absolute Gasteiger partial charge is 0.261 e. The number of fused-ring (bicyclic) bond motifs is 1. The lowest BCUT2D eigenvalue weighted by Crippen LogP contribution is -2.13. The van der Waals surface area contributed by atoms with Gasteiger partial charge in [0.25, 0.3) is 5.91 Å². The number of aromatic nitrogens is 2. The molecule has 1 amide bonds. The third-order valence-corrected chi connectivity index (χ3v) is 4.63. The first-order valence-corrected chi connectivity index (χ1v) is 8.07. The van der Waals surface area contributed by atoms with Crippen molar-refractivity contribution in [1.29, 1.82) is 0 Å². The number of thiazole rings is 1. The summed E-state index contributed by atoms with van der Waals surface area (Å²) in [5.74, 6) is 0.135. The Balaban J connectivity index is 1.94. The molecule has 0 aliphatic heterocycles. The van der Waals surface area contributed by atoms with E-state index in [9.17, 15) is 4.79 Å². The van der Waals surface area contributed by atoms with E-state index in [0.29, 0.717) is 27.1 Å². The average molecular weight is 348 g/mol. The maximum Gasteiger partial charge on any atom is 0.261 e. The second-order valence-corrected chi connectivity index (χ2v) is 6.49. The van der Waals surface area contributed by atoms with Gasteiger partial charge in [-0.25, -0.2) is 4.98 Å². The summed E-state index contributed by atoms with van der Waals surface area (Å²) in [4.78, 5) is 21.2. The summed E-state index contributed by atoms with van der Waals surface area (Å²) in [6, 6.07) is 6.89. The van der Waals surface area contributed by atoms with Crippen LogP contribution in [0.5, 0.6) is 5.75 Å². The number of ether oxygens (including phenoxy) is 1. The summed E-state index contributed by atoms with van der Waals surface area (Å²) in [5.41, 5.74) is 2.99. The van der Waals surface area contributed by atoms with Crippen LogP contribution in [0.4, 0.5) is 5.13 Å². The molecule has 118 valence electrons. The first-order valence-electron chi connectivity index (χ1n) is 6.87. The quantitative estimate of drug-likeness (QED) is 0.770. The maximum atomic E-state index is 12.5. The SMILES string of the molecule is COc1ccc(Cl)cc1C(=O)Nc1nc2nc(C)cc(C)c2s1. The zero-order chi connectivity index (χ0) is 16.6. The van der Waals surface area contributed by atoms with Gasteiger partial charge >= 0.3 is 0 Å². The molecule has 3 rings (SSSR count). The van der Waals surface area contributed by atoms with Crippen LogP contribution in [-0.4, -0.2) is 23.0 Å². The first-order chi connectivity index (χ1) is 11.0. The molecule has 0 spiro atoms. The number of aryl methyl sites for hydroxylation is 2. The molecule has 0 saturated heterocycles. The Bertz CT molecular complexity index is 908. The molecule has 2 heterocycles. The number of rotatable bonds is 3. The van der Waals surface area contributed by atoms with Crippen LogP contribution in [0.1, 0.15) is 21.6 Å². The minimum absolute atomic E-state index is 0.321. The molecule has 7 heteroatoms. The Morgan fingerprint density at radius 2 is 2.04 bits per heavy atom. The average Bonchev–Trinajstić information content (AvgIpc) is 2.89. The van der Waals surface area contributed by atoms with E-state index in [1.807, 2.05) is 19.9 Å². The van der Waals surface area contributed by atoms with E-state index in [1.54, 1.807) is 18.2 Å². The second-order valence-electron chi connectivity index (χ2n) is 5.05. The molecule has 1 N–H and O–H groups in total. The number of nitrogens with one attached hydrogen (secondary N) is 1. The molecular formula is C16H14ClN3O2S. The molecule has 0 atom stereocenters. The van der Waals surface area contributed by atoms with Crippen molar-refractivity contribution < 1.29 is 9.53 Å². The van der Waals surface area contributed by atoms with Crippen molar-refractivity contribution in [2.45, 2.75) is 13.8 Å². The number of carbonyl (C=O) groups excluding carboxylic acids is 1. The lowest BCUT2D eigenvalue weighted by molar-refractivity contribution is 0.102. The molecule has 0 fully saturated rings. The molecule has 1 aromatic carbocycles. The van der Waals surface area contributed by atoms with Crippen molar-refractivity contribution in [1.82, 2.24) is 9.97 Å². The summed E-state index contributed by atoms with van der Waals surface area (Å²) in [5, 5.41) is 3.75. The first kappa shape index (κ1) is 15.7. The van der Waals surface area contributed by atoms with Gasteiger partial charge in [0.2, 0.25) is 0 Å². The van der Waals surface area contributed by atoms with Gasteiger partial charge in [-0.3, -0.25) is 10.1 Å². The lowest BCUT2D eigenvalue weighted by atomic mass is 10.2. The molecule has 0 aliphatic rings. The molecule has 2 aromatic heterocycles. The number of nitrogens with zero attached hydrogens (tertiary/aromatic N) is 2. The number of anilines is 1. The van der Waals surface area contributed by atoms with Crippen LogP contribution in [0.2, 0.25) is 5.02 Å². The van der Waals surface area contributed by atoms with E-state index in [2.05, 4.69) is 15.3 Å². The standard InChI is InChI=1S/C16H14ClN3O2S/c1-8-6-9(2)18-14-13(8)23-16(19-14)20-15(21)11-7-10(17)4-5-12(11)22-3/h4-7H,1-3H3,(H,18,19,20,21). The highest BCUT2D eigenvalue weighted by molar-refractivity contribution is 7.22. The molecule has 0 aliphatic carbocycles. The fourth-order valence-corrected chi connectivity index (χ4v) is 3.34. The van der Waals surface area contributed by atoms with E-state index in [4.69, 9.17) is 16.3 Å². The summed E-state index contributed by atoms with van der Waals surface area (Å²) < 4.78 is 6.17. The van der Waals surface area contributed by atoms with Gasteiger partial charge in [0.15, 0.2) is 10.8 Å². The minimum atomic E-state index is -0.321. The number of benzene rings is 1. The molecule has 0 bridgehead atoms. The van der Waals surface area contributed by atoms with Crippen LogP contribution >= 0.6 is 22.9 Å². The monoisotopic (exact) mass is 347 g/mol. The van der Waals surface area contributed by atoms with Gasteiger partial charge in [-0.1, -0.05) is 22.9 Å². The normalized spacial score (nSPS) is 10.8. The maximum absolute atomic E-state index is 12.5. The van der Waals surface area contributed by atoms with Crippen LogP contribution in [0.25, 0.3) is 10.3 Å². The zero-order valence-corrected chi connectivity index (χ0v) is 14.4. The highest BCUT2D eigenvalue weighted by atomic mass is 35.5. The second kappa shape index (κ2) is 6.14. The molecule has 23 heavy (non-hydrogen) atoms. The van der Waals surface area contributed by atoms with Gasteiger partial charge in [-0.05, 0) is 43.7 Å². The molecule has 0 radical (unpaired) electrons. The number of methoxy groups -OCH3 is 1. The number of amides is 1. The predicted molar refractivity (Wildman–Crippen MR) is 92.8 cm³/mol. The summed E-state index contributed by atoms with van der Waals surface area (Å²) in [6.07, 6.45) is 0. The lowest BCUT2D eigenvalue weighted by Gasteiger charge is -2.07. The highest BCUT2D eigenvalue weighted by Crippen LogP contribution is 2.29. The van der Waals surface area contributed by atoms with Gasteiger partial charge in [-0.2, -0.15) is 4.98 Å². The Labute approximate surface area is 142 Å². The van der Waals surface area contributed by atoms with E-state index in [0.717, 1.165) is 16.0 Å². The highest BCUT2D eigenvalue weighted by Gasteiger charge is 2.16. The van der Waals surface area contributed by atoms with E-state index in [1.165, 1.54) is 18.4 Å². The van der Waals surface area contributed by atoms with Crippen molar-refractivity contribution >= 4 is 44.3 Å². The van der Waals surface area contributed by atoms with Crippen molar-refractivity contribution in [2.24, 2.45) is 0 Å². The molecular weight excluding hydrogens is 334 g/mol.